The number of likely N-dealkylation sites (tertiary alicyclic amines) is 1. The molecule has 1 atom stereocenters. The second-order valence-electron chi connectivity index (χ2n) is 4.15. The number of benzene rings is 1. The van der Waals surface area contributed by atoms with Crippen molar-refractivity contribution in [3.05, 3.63) is 35.4 Å². The molecular weight excluding hydrogens is 184 g/mol. The van der Waals surface area contributed by atoms with E-state index in [0.29, 0.717) is 6.04 Å². The van der Waals surface area contributed by atoms with Gasteiger partial charge in [-0.2, -0.15) is 5.26 Å². The molecule has 1 fully saturated rings. The predicted molar refractivity (Wildman–Crippen MR) is 60.4 cm³/mol. The Morgan fingerprint density at radius 3 is 2.33 bits per heavy atom. The summed E-state index contributed by atoms with van der Waals surface area (Å²) in [7, 11) is 0. The maximum Gasteiger partial charge on any atom is 0.0991 e. The Morgan fingerprint density at radius 1 is 1.20 bits per heavy atom. The summed E-state index contributed by atoms with van der Waals surface area (Å²) in [5.74, 6) is 0. The summed E-state index contributed by atoms with van der Waals surface area (Å²) in [4.78, 5) is 2.50. The van der Waals surface area contributed by atoms with E-state index in [1.54, 1.807) is 0 Å². The maximum atomic E-state index is 8.72. The van der Waals surface area contributed by atoms with E-state index in [0.717, 1.165) is 5.56 Å². The summed E-state index contributed by atoms with van der Waals surface area (Å²) >= 11 is 0. The Morgan fingerprint density at radius 2 is 1.80 bits per heavy atom. The Labute approximate surface area is 91.1 Å². The Kier molecular flexibility index (Phi) is 3.03. The molecule has 0 N–H and O–H groups in total. The van der Waals surface area contributed by atoms with Crippen molar-refractivity contribution in [3.8, 4) is 6.07 Å². The molecule has 1 saturated heterocycles. The van der Waals surface area contributed by atoms with Crippen molar-refractivity contribution in [2.45, 2.75) is 25.8 Å². The van der Waals surface area contributed by atoms with Gasteiger partial charge in [-0.15, -0.1) is 0 Å². The molecule has 1 aromatic carbocycles. The third kappa shape index (κ3) is 2.19. The van der Waals surface area contributed by atoms with Crippen LogP contribution in [0.3, 0.4) is 0 Å². The average Bonchev–Trinajstić information content (AvgIpc) is 2.82. The molecule has 1 aliphatic heterocycles. The molecule has 1 aromatic rings. The minimum atomic E-state index is 0.486. The smallest absolute Gasteiger partial charge is 0.0991 e. The predicted octanol–water partition coefficient (Wildman–Crippen LogP) is 2.72. The molecule has 1 unspecified atom stereocenters. The third-order valence-electron chi connectivity index (χ3n) is 3.21. The van der Waals surface area contributed by atoms with Crippen LogP contribution in [0.25, 0.3) is 0 Å². The Balaban J connectivity index is 2.11. The van der Waals surface area contributed by atoms with Gasteiger partial charge < -0.3 is 0 Å². The molecule has 0 spiro atoms. The van der Waals surface area contributed by atoms with Gasteiger partial charge in [-0.05, 0) is 50.6 Å². The first-order chi connectivity index (χ1) is 7.31. The Hall–Kier alpha value is -1.33. The molecule has 0 saturated carbocycles. The third-order valence-corrected chi connectivity index (χ3v) is 3.21. The van der Waals surface area contributed by atoms with Gasteiger partial charge in [0, 0.05) is 6.04 Å². The fourth-order valence-electron chi connectivity index (χ4n) is 2.18. The summed E-state index contributed by atoms with van der Waals surface area (Å²) < 4.78 is 0. The molecule has 0 bridgehead atoms. The van der Waals surface area contributed by atoms with Gasteiger partial charge in [-0.1, -0.05) is 12.1 Å². The number of rotatable bonds is 2. The average molecular weight is 200 g/mol. The molecule has 2 nitrogen and oxygen atoms in total. The van der Waals surface area contributed by atoms with Crippen molar-refractivity contribution in [1.29, 1.82) is 5.26 Å². The van der Waals surface area contributed by atoms with E-state index in [2.05, 4.69) is 30.0 Å². The molecular formula is C13H16N2. The zero-order valence-electron chi connectivity index (χ0n) is 9.11. The molecule has 0 radical (unpaired) electrons. The van der Waals surface area contributed by atoms with Gasteiger partial charge in [0.15, 0.2) is 0 Å². The van der Waals surface area contributed by atoms with Crippen LogP contribution >= 0.6 is 0 Å². The quantitative estimate of drug-likeness (QED) is 0.734. The van der Waals surface area contributed by atoms with Crippen molar-refractivity contribution in [2.24, 2.45) is 0 Å². The topological polar surface area (TPSA) is 27.0 Å². The van der Waals surface area contributed by atoms with E-state index in [1.807, 2.05) is 12.1 Å². The molecule has 1 aliphatic rings. The molecule has 0 aliphatic carbocycles. The number of hydrogen-bond acceptors (Lipinski definition) is 2. The van der Waals surface area contributed by atoms with Crippen molar-refractivity contribution < 1.29 is 0 Å². The zero-order valence-corrected chi connectivity index (χ0v) is 9.11. The first-order valence-corrected chi connectivity index (χ1v) is 5.55. The highest BCUT2D eigenvalue weighted by molar-refractivity contribution is 5.32. The van der Waals surface area contributed by atoms with Crippen LogP contribution in [0.1, 0.15) is 36.9 Å². The SMILES string of the molecule is CC(c1ccc(C#N)cc1)N1CCCC1. The lowest BCUT2D eigenvalue weighted by Gasteiger charge is -2.23. The number of hydrogen-bond donors (Lipinski definition) is 0. The lowest BCUT2D eigenvalue weighted by molar-refractivity contribution is 0.263. The Bertz CT molecular complexity index is 355. The van der Waals surface area contributed by atoms with Gasteiger partial charge in [0.25, 0.3) is 0 Å². The van der Waals surface area contributed by atoms with Gasteiger partial charge >= 0.3 is 0 Å². The van der Waals surface area contributed by atoms with E-state index in [1.165, 1.54) is 31.5 Å². The standard InChI is InChI=1S/C13H16N2/c1-11(15-8-2-3-9-15)13-6-4-12(10-14)5-7-13/h4-7,11H,2-3,8-9H2,1H3. The summed E-state index contributed by atoms with van der Waals surface area (Å²) in [6.07, 6.45) is 2.64. The number of nitriles is 1. The second-order valence-corrected chi connectivity index (χ2v) is 4.15. The summed E-state index contributed by atoms with van der Waals surface area (Å²) in [5.41, 5.74) is 2.06. The van der Waals surface area contributed by atoms with Crippen LogP contribution in [0.4, 0.5) is 0 Å². The van der Waals surface area contributed by atoms with Gasteiger partial charge in [0.2, 0.25) is 0 Å². The van der Waals surface area contributed by atoms with Crippen molar-refractivity contribution in [3.63, 3.8) is 0 Å². The van der Waals surface area contributed by atoms with Crippen LogP contribution in [-0.2, 0) is 0 Å². The monoisotopic (exact) mass is 200 g/mol. The molecule has 1 heterocycles. The molecule has 15 heavy (non-hydrogen) atoms. The highest BCUT2D eigenvalue weighted by Crippen LogP contribution is 2.24. The van der Waals surface area contributed by atoms with E-state index in [9.17, 15) is 0 Å². The second kappa shape index (κ2) is 4.46. The fourth-order valence-corrected chi connectivity index (χ4v) is 2.18. The molecule has 0 amide bonds. The van der Waals surface area contributed by atoms with Gasteiger partial charge in [-0.3, -0.25) is 4.90 Å². The van der Waals surface area contributed by atoms with E-state index in [4.69, 9.17) is 5.26 Å². The van der Waals surface area contributed by atoms with Crippen LogP contribution in [0.2, 0.25) is 0 Å². The summed E-state index contributed by atoms with van der Waals surface area (Å²) in [6, 6.07) is 10.6. The van der Waals surface area contributed by atoms with Crippen LogP contribution in [0.15, 0.2) is 24.3 Å². The van der Waals surface area contributed by atoms with Gasteiger partial charge in [-0.25, -0.2) is 0 Å². The summed E-state index contributed by atoms with van der Waals surface area (Å²) in [5, 5.41) is 8.72. The normalized spacial score (nSPS) is 18.7. The largest absolute Gasteiger partial charge is 0.297 e. The van der Waals surface area contributed by atoms with E-state index < -0.39 is 0 Å². The molecule has 0 aromatic heterocycles. The van der Waals surface area contributed by atoms with Crippen molar-refractivity contribution in [2.75, 3.05) is 13.1 Å². The first-order valence-electron chi connectivity index (χ1n) is 5.55. The zero-order chi connectivity index (χ0) is 10.7. The van der Waals surface area contributed by atoms with Crippen LogP contribution in [0.5, 0.6) is 0 Å². The fraction of sp³-hybridized carbons (Fsp3) is 0.462. The molecule has 2 rings (SSSR count). The van der Waals surface area contributed by atoms with Crippen molar-refractivity contribution >= 4 is 0 Å². The minimum absolute atomic E-state index is 0.486. The van der Waals surface area contributed by atoms with Crippen LogP contribution < -0.4 is 0 Å². The lowest BCUT2D eigenvalue weighted by atomic mass is 10.1. The first kappa shape index (κ1) is 10.2. The van der Waals surface area contributed by atoms with Crippen LogP contribution in [0, 0.1) is 11.3 Å². The molecule has 78 valence electrons. The minimum Gasteiger partial charge on any atom is -0.297 e. The van der Waals surface area contributed by atoms with Crippen LogP contribution in [-0.4, -0.2) is 18.0 Å². The number of nitrogens with zero attached hydrogens (tertiary/aromatic N) is 2. The summed E-state index contributed by atoms with van der Waals surface area (Å²) in [6.45, 7) is 4.66. The van der Waals surface area contributed by atoms with Crippen molar-refractivity contribution in [1.82, 2.24) is 4.90 Å². The maximum absolute atomic E-state index is 8.72. The lowest BCUT2D eigenvalue weighted by Crippen LogP contribution is -2.23. The van der Waals surface area contributed by atoms with Gasteiger partial charge in [0.05, 0.1) is 11.6 Å². The highest BCUT2D eigenvalue weighted by Gasteiger charge is 2.18. The molecule has 2 heteroatoms. The highest BCUT2D eigenvalue weighted by atomic mass is 15.2. The van der Waals surface area contributed by atoms with E-state index in [-0.39, 0.29) is 0 Å². The van der Waals surface area contributed by atoms with E-state index >= 15 is 0 Å². The van der Waals surface area contributed by atoms with Gasteiger partial charge in [0.1, 0.15) is 0 Å².